The summed E-state index contributed by atoms with van der Waals surface area (Å²) in [6, 6.07) is 8.24. The Kier molecular flexibility index (Phi) is 9.75. The van der Waals surface area contributed by atoms with Crippen molar-refractivity contribution in [1.82, 2.24) is 0 Å². The van der Waals surface area contributed by atoms with E-state index in [0.717, 1.165) is 38.6 Å². The van der Waals surface area contributed by atoms with Crippen molar-refractivity contribution in [2.24, 2.45) is 0 Å². The monoisotopic (exact) mass is 340 g/mol. The Hall–Kier alpha value is -1.18. The van der Waals surface area contributed by atoms with Crippen LogP contribution in [-0.4, -0.2) is 73.1 Å². The highest BCUT2D eigenvalue weighted by molar-refractivity contribution is 5.26. The van der Waals surface area contributed by atoms with Crippen molar-refractivity contribution in [1.29, 1.82) is 0 Å². The van der Waals surface area contributed by atoms with Gasteiger partial charge in [0.15, 0.2) is 0 Å². The molecule has 0 amide bonds. The summed E-state index contributed by atoms with van der Waals surface area (Å²) in [7, 11) is 1.69. The van der Waals surface area contributed by atoms with Gasteiger partial charge in [-0.05, 0) is 24.3 Å². The molecule has 1 aliphatic rings. The lowest BCUT2D eigenvalue weighted by Crippen LogP contribution is -3.11. The van der Waals surface area contributed by atoms with Gasteiger partial charge in [-0.25, -0.2) is 0 Å². The quantitative estimate of drug-likeness (QED) is 0.850. The zero-order valence-electron chi connectivity index (χ0n) is 14.6. The Morgan fingerprint density at radius 3 is 1.67 bits per heavy atom. The lowest BCUT2D eigenvalue weighted by atomic mass is 10.2. The molecule has 2 rings (SSSR count). The number of quaternary nitrogens is 1. The molecule has 1 aliphatic heterocycles. The maximum atomic E-state index is 5.67. The van der Waals surface area contributed by atoms with E-state index in [1.807, 2.05) is 12.1 Å². The minimum absolute atomic E-state index is 0.609. The van der Waals surface area contributed by atoms with Crippen LogP contribution >= 0.6 is 0 Å². The molecule has 0 unspecified atom stereocenters. The van der Waals surface area contributed by atoms with Crippen LogP contribution in [-0.2, 0) is 25.5 Å². The van der Waals surface area contributed by atoms with Gasteiger partial charge in [-0.15, -0.1) is 0 Å². The Morgan fingerprint density at radius 1 is 0.750 bits per heavy atom. The summed E-state index contributed by atoms with van der Waals surface area (Å²) in [5, 5.41) is 0. The molecule has 0 spiro atoms. The molecule has 1 fully saturated rings. The standard InChI is InChI=1S/C18H29NO5/c1-20-18-4-2-17(3-5-18)16-19-6-8-21-10-12-23-14-15-24-13-11-22-9-7-19/h2-5H,6-16H2,1H3/p+1. The van der Waals surface area contributed by atoms with Crippen LogP contribution in [0.5, 0.6) is 5.75 Å². The highest BCUT2D eigenvalue weighted by atomic mass is 16.6. The second kappa shape index (κ2) is 12.2. The molecule has 0 saturated carbocycles. The summed E-state index contributed by atoms with van der Waals surface area (Å²) >= 11 is 0. The van der Waals surface area contributed by atoms with Gasteiger partial charge in [-0.2, -0.15) is 0 Å². The van der Waals surface area contributed by atoms with E-state index < -0.39 is 0 Å². The third kappa shape index (κ3) is 8.08. The van der Waals surface area contributed by atoms with Crippen molar-refractivity contribution in [2.45, 2.75) is 6.54 Å². The molecule has 1 aromatic carbocycles. The molecule has 0 radical (unpaired) electrons. The molecule has 1 heterocycles. The lowest BCUT2D eigenvalue weighted by molar-refractivity contribution is -0.914. The van der Waals surface area contributed by atoms with Crippen molar-refractivity contribution < 1.29 is 28.6 Å². The van der Waals surface area contributed by atoms with E-state index in [1.165, 1.54) is 10.5 Å². The van der Waals surface area contributed by atoms with Crippen LogP contribution in [0.25, 0.3) is 0 Å². The third-order valence-corrected chi connectivity index (χ3v) is 3.93. The lowest BCUT2D eigenvalue weighted by Gasteiger charge is -2.20. The minimum Gasteiger partial charge on any atom is -0.497 e. The molecule has 0 aliphatic carbocycles. The van der Waals surface area contributed by atoms with Crippen molar-refractivity contribution in [3.05, 3.63) is 29.8 Å². The van der Waals surface area contributed by atoms with E-state index in [9.17, 15) is 0 Å². The molecule has 6 nitrogen and oxygen atoms in total. The first-order valence-corrected chi connectivity index (χ1v) is 8.66. The van der Waals surface area contributed by atoms with Gasteiger partial charge in [0.25, 0.3) is 0 Å². The molecular formula is C18H30NO5+. The number of ether oxygens (including phenoxy) is 5. The van der Waals surface area contributed by atoms with E-state index in [-0.39, 0.29) is 0 Å². The molecule has 1 saturated heterocycles. The number of hydrogen-bond donors (Lipinski definition) is 1. The van der Waals surface area contributed by atoms with Crippen LogP contribution in [0.3, 0.4) is 0 Å². The number of methoxy groups -OCH3 is 1. The van der Waals surface area contributed by atoms with Gasteiger partial charge in [-0.1, -0.05) is 0 Å². The van der Waals surface area contributed by atoms with Gasteiger partial charge in [0, 0.05) is 5.56 Å². The first-order valence-electron chi connectivity index (χ1n) is 8.66. The van der Waals surface area contributed by atoms with Gasteiger partial charge in [0.05, 0.1) is 60.0 Å². The SMILES string of the molecule is COc1ccc(C[NH+]2CCOCCOCCOCCOCC2)cc1. The van der Waals surface area contributed by atoms with Gasteiger partial charge < -0.3 is 28.6 Å². The van der Waals surface area contributed by atoms with Crippen molar-refractivity contribution in [3.8, 4) is 5.75 Å². The number of benzene rings is 1. The Balaban J connectivity index is 1.81. The summed E-state index contributed by atoms with van der Waals surface area (Å²) in [5.74, 6) is 0.887. The van der Waals surface area contributed by atoms with Gasteiger partial charge in [0.1, 0.15) is 25.4 Å². The molecule has 0 aromatic heterocycles. The van der Waals surface area contributed by atoms with Crippen molar-refractivity contribution >= 4 is 0 Å². The predicted octanol–water partition coefficient (Wildman–Crippen LogP) is 0.160. The van der Waals surface area contributed by atoms with E-state index in [2.05, 4.69) is 12.1 Å². The summed E-state index contributed by atoms with van der Waals surface area (Å²) in [6.45, 7) is 8.02. The number of hydrogen-bond acceptors (Lipinski definition) is 5. The fraction of sp³-hybridized carbons (Fsp3) is 0.667. The number of nitrogens with one attached hydrogen (secondary N) is 1. The third-order valence-electron chi connectivity index (χ3n) is 3.93. The average Bonchev–Trinajstić information content (AvgIpc) is 2.62. The van der Waals surface area contributed by atoms with Crippen LogP contribution in [0.1, 0.15) is 5.56 Å². The van der Waals surface area contributed by atoms with Gasteiger partial charge >= 0.3 is 0 Å². The zero-order valence-corrected chi connectivity index (χ0v) is 14.6. The second-order valence-electron chi connectivity index (χ2n) is 5.72. The highest BCUT2D eigenvalue weighted by Crippen LogP contribution is 2.10. The van der Waals surface area contributed by atoms with Gasteiger partial charge in [-0.3, -0.25) is 0 Å². The topological polar surface area (TPSA) is 50.6 Å². The Bertz CT molecular complexity index is 410. The van der Waals surface area contributed by atoms with Crippen LogP contribution in [0.4, 0.5) is 0 Å². The second-order valence-corrected chi connectivity index (χ2v) is 5.72. The number of rotatable bonds is 3. The average molecular weight is 340 g/mol. The van der Waals surface area contributed by atoms with E-state index in [4.69, 9.17) is 23.7 Å². The minimum atomic E-state index is 0.609. The largest absolute Gasteiger partial charge is 0.497 e. The molecule has 6 heteroatoms. The van der Waals surface area contributed by atoms with Crippen LogP contribution in [0.15, 0.2) is 24.3 Å². The van der Waals surface area contributed by atoms with E-state index in [1.54, 1.807) is 7.11 Å². The Morgan fingerprint density at radius 2 is 1.21 bits per heavy atom. The molecular weight excluding hydrogens is 310 g/mol. The first kappa shape index (κ1) is 19.1. The van der Waals surface area contributed by atoms with Crippen molar-refractivity contribution in [2.75, 3.05) is 73.1 Å². The molecule has 0 bridgehead atoms. The molecule has 24 heavy (non-hydrogen) atoms. The first-order chi connectivity index (χ1) is 11.9. The predicted molar refractivity (Wildman–Crippen MR) is 90.7 cm³/mol. The summed E-state index contributed by atoms with van der Waals surface area (Å²) in [6.07, 6.45) is 0. The van der Waals surface area contributed by atoms with Crippen molar-refractivity contribution in [3.63, 3.8) is 0 Å². The van der Waals surface area contributed by atoms with Crippen LogP contribution in [0.2, 0.25) is 0 Å². The fourth-order valence-electron chi connectivity index (χ4n) is 2.53. The molecule has 1 aromatic rings. The van der Waals surface area contributed by atoms with Crippen LogP contribution < -0.4 is 9.64 Å². The summed E-state index contributed by atoms with van der Waals surface area (Å²) in [5.41, 5.74) is 1.29. The van der Waals surface area contributed by atoms with E-state index >= 15 is 0 Å². The molecule has 0 atom stereocenters. The summed E-state index contributed by atoms with van der Waals surface area (Å²) in [4.78, 5) is 1.44. The fourth-order valence-corrected chi connectivity index (χ4v) is 2.53. The Labute approximate surface area is 144 Å². The molecule has 1 N–H and O–H groups in total. The highest BCUT2D eigenvalue weighted by Gasteiger charge is 2.10. The van der Waals surface area contributed by atoms with E-state index in [0.29, 0.717) is 39.6 Å². The molecule has 136 valence electrons. The normalized spacial score (nSPS) is 20.0. The summed E-state index contributed by atoms with van der Waals surface area (Å²) < 4.78 is 27.4. The van der Waals surface area contributed by atoms with Crippen LogP contribution in [0, 0.1) is 0 Å². The zero-order chi connectivity index (χ0) is 16.9. The smallest absolute Gasteiger partial charge is 0.118 e. The maximum Gasteiger partial charge on any atom is 0.118 e. The van der Waals surface area contributed by atoms with Gasteiger partial charge in [0.2, 0.25) is 0 Å². The maximum absolute atomic E-state index is 5.67.